The van der Waals surface area contributed by atoms with Crippen molar-refractivity contribution in [1.29, 1.82) is 0 Å². The molecule has 1 radical (unpaired) electrons. The zero-order chi connectivity index (χ0) is 12.3. The van der Waals surface area contributed by atoms with Crippen LogP contribution < -0.4 is 4.74 Å². The Kier molecular flexibility index (Phi) is 5.41. The van der Waals surface area contributed by atoms with E-state index in [-0.39, 0.29) is 46.8 Å². The third kappa shape index (κ3) is 2.93. The van der Waals surface area contributed by atoms with Gasteiger partial charge in [0.15, 0.2) is 17.3 Å². The van der Waals surface area contributed by atoms with Crippen LogP contribution in [-0.2, 0) is 0 Å². The molecule has 2 aromatic carbocycles. The number of ketones is 1. The first-order chi connectivity index (χ1) is 8.24. The van der Waals surface area contributed by atoms with Crippen LogP contribution >= 0.6 is 0 Å². The zero-order valence-electron chi connectivity index (χ0n) is 10.4. The number of rotatable bonds is 3. The number of ether oxygens (including phenoxy) is 1. The number of phenolic OH excluding ortho intramolecular Hbond substituents is 1. The topological polar surface area (TPSA) is 46.5 Å². The monoisotopic (exact) mass is 251 g/mol. The van der Waals surface area contributed by atoms with Crippen molar-refractivity contribution in [2.24, 2.45) is 0 Å². The molecular formula is C14H12NaO3. The normalized spacial score (nSPS) is 9.39. The minimum atomic E-state index is -0.168. The molecule has 0 bridgehead atoms. The summed E-state index contributed by atoms with van der Waals surface area (Å²) in [6.45, 7) is 0. The molecule has 0 aromatic heterocycles. The Morgan fingerprint density at radius 3 is 2.33 bits per heavy atom. The molecule has 0 saturated carbocycles. The molecule has 0 unspecified atom stereocenters. The van der Waals surface area contributed by atoms with Gasteiger partial charge >= 0.3 is 0 Å². The number of methoxy groups -OCH3 is 1. The fourth-order valence-corrected chi connectivity index (χ4v) is 1.66. The summed E-state index contributed by atoms with van der Waals surface area (Å²) in [6, 6.07) is 13.6. The molecule has 0 aliphatic carbocycles. The molecule has 0 heterocycles. The quantitative estimate of drug-likeness (QED) is 0.672. The van der Waals surface area contributed by atoms with Gasteiger partial charge in [0.2, 0.25) is 0 Å². The second kappa shape index (κ2) is 6.59. The first-order valence-corrected chi connectivity index (χ1v) is 5.19. The summed E-state index contributed by atoms with van der Waals surface area (Å²) >= 11 is 0. The van der Waals surface area contributed by atoms with Crippen LogP contribution in [0, 0.1) is 0 Å². The summed E-state index contributed by atoms with van der Waals surface area (Å²) in [7, 11) is 1.43. The maximum Gasteiger partial charge on any atom is 0.196 e. The predicted molar refractivity (Wildman–Crippen MR) is 70.3 cm³/mol. The van der Waals surface area contributed by atoms with Crippen LogP contribution in [0.15, 0.2) is 48.5 Å². The number of aromatic hydroxyl groups is 1. The van der Waals surface area contributed by atoms with Gasteiger partial charge in [-0.1, -0.05) is 36.4 Å². The summed E-state index contributed by atoms with van der Waals surface area (Å²) in [5.41, 5.74) is 0.926. The van der Waals surface area contributed by atoms with Crippen LogP contribution in [0.5, 0.6) is 11.5 Å². The minimum Gasteiger partial charge on any atom is -0.504 e. The van der Waals surface area contributed by atoms with E-state index < -0.39 is 0 Å². The van der Waals surface area contributed by atoms with E-state index >= 15 is 0 Å². The number of hydrogen-bond acceptors (Lipinski definition) is 3. The van der Waals surface area contributed by atoms with Gasteiger partial charge in [0.25, 0.3) is 0 Å². The summed E-state index contributed by atoms with van der Waals surface area (Å²) in [6.07, 6.45) is 0. The van der Waals surface area contributed by atoms with Gasteiger partial charge in [-0.25, -0.2) is 0 Å². The van der Waals surface area contributed by atoms with Crippen molar-refractivity contribution in [3.05, 3.63) is 59.7 Å². The predicted octanol–water partition coefficient (Wildman–Crippen LogP) is 2.25. The van der Waals surface area contributed by atoms with Crippen molar-refractivity contribution < 1.29 is 14.6 Å². The van der Waals surface area contributed by atoms with Gasteiger partial charge in [-0.3, -0.25) is 4.79 Å². The van der Waals surface area contributed by atoms with E-state index in [2.05, 4.69) is 0 Å². The SMILES string of the molecule is COc1c(O)cccc1C(=O)c1ccccc1.[Na]. The van der Waals surface area contributed by atoms with Crippen molar-refractivity contribution in [2.75, 3.05) is 7.11 Å². The molecule has 0 atom stereocenters. The van der Waals surface area contributed by atoms with Crippen molar-refractivity contribution in [3.63, 3.8) is 0 Å². The number of phenols is 1. The zero-order valence-corrected chi connectivity index (χ0v) is 12.4. The van der Waals surface area contributed by atoms with E-state index in [1.807, 2.05) is 6.07 Å². The Labute approximate surface area is 128 Å². The fraction of sp³-hybridized carbons (Fsp3) is 0.0714. The van der Waals surface area contributed by atoms with Crippen LogP contribution in [0.25, 0.3) is 0 Å². The molecule has 0 aliphatic heterocycles. The molecule has 1 N–H and O–H groups in total. The smallest absolute Gasteiger partial charge is 0.196 e. The Hall–Kier alpha value is -1.29. The van der Waals surface area contributed by atoms with Gasteiger partial charge in [-0.2, -0.15) is 0 Å². The number of hydrogen-bond donors (Lipinski definition) is 1. The van der Waals surface area contributed by atoms with Gasteiger partial charge in [-0.05, 0) is 12.1 Å². The van der Waals surface area contributed by atoms with Gasteiger partial charge in [0, 0.05) is 35.1 Å². The largest absolute Gasteiger partial charge is 0.504 e. The fourth-order valence-electron chi connectivity index (χ4n) is 1.66. The number of benzene rings is 2. The third-order valence-electron chi connectivity index (χ3n) is 2.48. The molecule has 4 heteroatoms. The molecule has 0 amide bonds. The van der Waals surface area contributed by atoms with Gasteiger partial charge in [0.05, 0.1) is 12.7 Å². The second-order valence-electron chi connectivity index (χ2n) is 3.55. The van der Waals surface area contributed by atoms with Crippen LogP contribution in [-0.4, -0.2) is 47.6 Å². The summed E-state index contributed by atoms with van der Waals surface area (Å²) in [5.74, 6) is 0.00832. The number of para-hydroxylation sites is 1. The van der Waals surface area contributed by atoms with Crippen molar-refractivity contribution in [3.8, 4) is 11.5 Å². The molecule has 87 valence electrons. The van der Waals surface area contributed by atoms with Gasteiger partial charge in [-0.15, -0.1) is 0 Å². The molecule has 2 aromatic rings. The van der Waals surface area contributed by atoms with Crippen molar-refractivity contribution in [2.45, 2.75) is 0 Å². The van der Waals surface area contributed by atoms with Crippen LogP contribution in [0.2, 0.25) is 0 Å². The molecule has 0 spiro atoms. The van der Waals surface area contributed by atoms with Gasteiger partial charge in [0.1, 0.15) is 0 Å². The Morgan fingerprint density at radius 2 is 1.72 bits per heavy atom. The van der Waals surface area contributed by atoms with Crippen LogP contribution in [0.1, 0.15) is 15.9 Å². The van der Waals surface area contributed by atoms with E-state index in [0.717, 1.165) is 0 Å². The van der Waals surface area contributed by atoms with E-state index in [1.165, 1.54) is 13.2 Å². The van der Waals surface area contributed by atoms with E-state index in [9.17, 15) is 9.90 Å². The van der Waals surface area contributed by atoms with Crippen LogP contribution in [0.4, 0.5) is 0 Å². The van der Waals surface area contributed by atoms with Crippen molar-refractivity contribution in [1.82, 2.24) is 0 Å². The maximum absolute atomic E-state index is 12.2. The van der Waals surface area contributed by atoms with E-state index in [0.29, 0.717) is 11.1 Å². The minimum absolute atomic E-state index is 0. The Morgan fingerprint density at radius 1 is 1.06 bits per heavy atom. The van der Waals surface area contributed by atoms with E-state index in [4.69, 9.17) is 4.74 Å². The van der Waals surface area contributed by atoms with Gasteiger partial charge < -0.3 is 9.84 Å². The van der Waals surface area contributed by atoms with E-state index in [1.54, 1.807) is 36.4 Å². The number of carbonyl (C=O) groups is 1. The Balaban J connectivity index is 0.00000162. The first-order valence-electron chi connectivity index (χ1n) is 5.19. The summed E-state index contributed by atoms with van der Waals surface area (Å²) < 4.78 is 5.05. The molecule has 0 fully saturated rings. The molecule has 0 aliphatic rings. The average Bonchev–Trinajstić information content (AvgIpc) is 2.38. The molecular weight excluding hydrogens is 239 g/mol. The molecule has 2 rings (SSSR count). The average molecular weight is 251 g/mol. The molecule has 0 saturated heterocycles. The maximum atomic E-state index is 12.2. The molecule has 18 heavy (non-hydrogen) atoms. The van der Waals surface area contributed by atoms with Crippen LogP contribution in [0.3, 0.4) is 0 Å². The standard InChI is InChI=1S/C14H12O3.Na/c1-17-14-11(8-5-9-12(14)15)13(16)10-6-3-2-4-7-10;/h2-9,15H,1H3;. The first kappa shape index (κ1) is 14.8. The van der Waals surface area contributed by atoms with Crippen molar-refractivity contribution >= 4 is 35.3 Å². The second-order valence-corrected chi connectivity index (χ2v) is 3.55. The third-order valence-corrected chi connectivity index (χ3v) is 2.48. The number of carbonyl (C=O) groups excluding carboxylic acids is 1. The molecule has 3 nitrogen and oxygen atoms in total. The summed E-state index contributed by atoms with van der Waals surface area (Å²) in [5, 5.41) is 9.61. The summed E-state index contributed by atoms with van der Waals surface area (Å²) in [4.78, 5) is 12.2. The Bertz CT molecular complexity index is 538.